The van der Waals surface area contributed by atoms with Gasteiger partial charge in [-0.2, -0.15) is 11.8 Å². The molecule has 0 aromatic heterocycles. The molecule has 0 saturated carbocycles. The van der Waals surface area contributed by atoms with Crippen LogP contribution >= 0.6 is 11.8 Å². The topological polar surface area (TPSA) is 41.3 Å². The molecule has 84 valence electrons. The summed E-state index contributed by atoms with van der Waals surface area (Å²) in [4.78, 5) is 2.42. The second-order valence-corrected chi connectivity index (χ2v) is 6.28. The number of hydrogen-bond donors (Lipinski definition) is 2. The molecule has 14 heavy (non-hydrogen) atoms. The first-order valence-electron chi connectivity index (χ1n) is 5.21. The summed E-state index contributed by atoms with van der Waals surface area (Å²) in [6.45, 7) is 7.89. The summed E-state index contributed by atoms with van der Waals surface area (Å²) in [5.41, 5.74) is 3.20. The highest BCUT2D eigenvalue weighted by Gasteiger charge is 2.34. The third-order valence-corrected chi connectivity index (χ3v) is 3.99. The minimum Gasteiger partial charge on any atom is -0.300 e. The summed E-state index contributed by atoms with van der Waals surface area (Å²) >= 11 is 2.03. The molecule has 1 fully saturated rings. The van der Waals surface area contributed by atoms with E-state index >= 15 is 0 Å². The molecule has 1 aliphatic rings. The SMILES string of the molecule is CN1CCSCC1C(NN)C(C)(C)C. The maximum absolute atomic E-state index is 5.67. The van der Waals surface area contributed by atoms with Crippen LogP contribution in [-0.2, 0) is 0 Å². The lowest BCUT2D eigenvalue weighted by molar-refractivity contribution is 0.138. The summed E-state index contributed by atoms with van der Waals surface area (Å²) in [5, 5.41) is 0. The average Bonchev–Trinajstić information content (AvgIpc) is 2.07. The van der Waals surface area contributed by atoms with E-state index in [-0.39, 0.29) is 5.41 Å². The molecule has 1 saturated heterocycles. The van der Waals surface area contributed by atoms with E-state index in [1.54, 1.807) is 0 Å². The summed E-state index contributed by atoms with van der Waals surface area (Å²) < 4.78 is 0. The van der Waals surface area contributed by atoms with Gasteiger partial charge in [0, 0.05) is 30.1 Å². The fraction of sp³-hybridized carbons (Fsp3) is 1.00. The van der Waals surface area contributed by atoms with Crippen molar-refractivity contribution in [2.75, 3.05) is 25.1 Å². The highest BCUT2D eigenvalue weighted by atomic mass is 32.2. The fourth-order valence-corrected chi connectivity index (χ4v) is 3.27. The zero-order chi connectivity index (χ0) is 10.8. The molecule has 1 aliphatic heterocycles. The molecule has 0 bridgehead atoms. The van der Waals surface area contributed by atoms with Crippen molar-refractivity contribution >= 4 is 11.8 Å². The quantitative estimate of drug-likeness (QED) is 0.533. The molecule has 0 aliphatic carbocycles. The lowest BCUT2D eigenvalue weighted by Gasteiger charge is -2.43. The van der Waals surface area contributed by atoms with Crippen LogP contribution in [0.1, 0.15) is 20.8 Å². The predicted molar refractivity (Wildman–Crippen MR) is 64.3 cm³/mol. The van der Waals surface area contributed by atoms with Crippen LogP contribution < -0.4 is 11.3 Å². The second kappa shape index (κ2) is 4.84. The summed E-state index contributed by atoms with van der Waals surface area (Å²) in [6, 6.07) is 0.916. The first kappa shape index (κ1) is 12.3. The first-order chi connectivity index (χ1) is 6.46. The van der Waals surface area contributed by atoms with Crippen LogP contribution in [-0.4, -0.2) is 42.1 Å². The second-order valence-electron chi connectivity index (χ2n) is 5.13. The molecule has 3 N–H and O–H groups in total. The van der Waals surface area contributed by atoms with Crippen LogP contribution in [0.5, 0.6) is 0 Å². The van der Waals surface area contributed by atoms with Gasteiger partial charge in [0.2, 0.25) is 0 Å². The Kier molecular flexibility index (Phi) is 4.25. The number of nitrogens with one attached hydrogen (secondary N) is 1. The van der Waals surface area contributed by atoms with Crippen molar-refractivity contribution in [3.05, 3.63) is 0 Å². The third-order valence-electron chi connectivity index (χ3n) is 2.94. The number of hydrogen-bond acceptors (Lipinski definition) is 4. The fourth-order valence-electron chi connectivity index (χ4n) is 1.99. The van der Waals surface area contributed by atoms with Crippen molar-refractivity contribution < 1.29 is 0 Å². The average molecular weight is 217 g/mol. The summed E-state index contributed by atoms with van der Waals surface area (Å²) in [7, 11) is 2.19. The molecule has 0 radical (unpaired) electrons. The minimum absolute atomic E-state index is 0.214. The Bertz CT molecular complexity index is 179. The van der Waals surface area contributed by atoms with Crippen molar-refractivity contribution in [1.29, 1.82) is 0 Å². The highest BCUT2D eigenvalue weighted by molar-refractivity contribution is 7.99. The third kappa shape index (κ3) is 2.86. The monoisotopic (exact) mass is 217 g/mol. The zero-order valence-corrected chi connectivity index (χ0v) is 10.5. The molecule has 0 aromatic rings. The van der Waals surface area contributed by atoms with E-state index in [1.165, 1.54) is 18.1 Å². The van der Waals surface area contributed by atoms with Gasteiger partial charge in [0.15, 0.2) is 0 Å². The van der Waals surface area contributed by atoms with Gasteiger partial charge in [0.05, 0.1) is 0 Å². The van der Waals surface area contributed by atoms with Crippen LogP contribution in [0.25, 0.3) is 0 Å². The smallest absolute Gasteiger partial charge is 0.0422 e. The lowest BCUT2D eigenvalue weighted by Crippen LogP contribution is -2.59. The van der Waals surface area contributed by atoms with Crippen molar-refractivity contribution in [3.63, 3.8) is 0 Å². The van der Waals surface area contributed by atoms with Gasteiger partial charge in [-0.15, -0.1) is 0 Å². The van der Waals surface area contributed by atoms with E-state index in [0.29, 0.717) is 12.1 Å². The van der Waals surface area contributed by atoms with E-state index in [2.05, 4.69) is 38.1 Å². The van der Waals surface area contributed by atoms with E-state index in [1.807, 2.05) is 11.8 Å². The van der Waals surface area contributed by atoms with Gasteiger partial charge in [-0.05, 0) is 12.5 Å². The Hall–Kier alpha value is 0.230. The Morgan fingerprint density at radius 1 is 1.50 bits per heavy atom. The summed E-state index contributed by atoms with van der Waals surface area (Å²) in [5.74, 6) is 8.09. The van der Waals surface area contributed by atoms with E-state index < -0.39 is 0 Å². The molecule has 1 rings (SSSR count). The Labute approximate surface area is 91.8 Å². The van der Waals surface area contributed by atoms with Crippen LogP contribution in [0.15, 0.2) is 0 Å². The van der Waals surface area contributed by atoms with E-state index in [0.717, 1.165) is 0 Å². The zero-order valence-electron chi connectivity index (χ0n) is 9.71. The Morgan fingerprint density at radius 2 is 2.14 bits per heavy atom. The molecule has 2 atom stereocenters. The van der Waals surface area contributed by atoms with Crippen LogP contribution in [0.2, 0.25) is 0 Å². The molecule has 1 heterocycles. The van der Waals surface area contributed by atoms with Crippen molar-refractivity contribution in [1.82, 2.24) is 10.3 Å². The lowest BCUT2D eigenvalue weighted by atomic mass is 9.82. The van der Waals surface area contributed by atoms with E-state index in [9.17, 15) is 0 Å². The molecular weight excluding hydrogens is 194 g/mol. The van der Waals surface area contributed by atoms with Gasteiger partial charge >= 0.3 is 0 Å². The Balaban J connectivity index is 2.67. The maximum Gasteiger partial charge on any atom is 0.0422 e. The van der Waals surface area contributed by atoms with Gasteiger partial charge in [-0.3, -0.25) is 11.3 Å². The van der Waals surface area contributed by atoms with Crippen molar-refractivity contribution in [2.24, 2.45) is 11.3 Å². The highest BCUT2D eigenvalue weighted by Crippen LogP contribution is 2.27. The molecule has 0 amide bonds. The predicted octanol–water partition coefficient (Wildman–Crippen LogP) is 0.912. The molecule has 0 spiro atoms. The molecule has 3 nitrogen and oxygen atoms in total. The van der Waals surface area contributed by atoms with Crippen LogP contribution in [0, 0.1) is 5.41 Å². The molecule has 4 heteroatoms. The Morgan fingerprint density at radius 3 is 2.57 bits per heavy atom. The number of likely N-dealkylation sites (N-methyl/N-ethyl adjacent to an activating group) is 1. The van der Waals surface area contributed by atoms with Gasteiger partial charge in [-0.25, -0.2) is 0 Å². The molecule has 0 aromatic carbocycles. The van der Waals surface area contributed by atoms with Crippen molar-refractivity contribution in [2.45, 2.75) is 32.9 Å². The van der Waals surface area contributed by atoms with Gasteiger partial charge in [-0.1, -0.05) is 20.8 Å². The van der Waals surface area contributed by atoms with Crippen LogP contribution in [0.4, 0.5) is 0 Å². The van der Waals surface area contributed by atoms with Crippen LogP contribution in [0.3, 0.4) is 0 Å². The number of thioether (sulfide) groups is 1. The van der Waals surface area contributed by atoms with Gasteiger partial charge < -0.3 is 4.90 Å². The first-order valence-corrected chi connectivity index (χ1v) is 6.36. The van der Waals surface area contributed by atoms with Gasteiger partial charge in [0.1, 0.15) is 0 Å². The van der Waals surface area contributed by atoms with Gasteiger partial charge in [0.25, 0.3) is 0 Å². The largest absolute Gasteiger partial charge is 0.300 e. The van der Waals surface area contributed by atoms with Crippen molar-refractivity contribution in [3.8, 4) is 0 Å². The van der Waals surface area contributed by atoms with E-state index in [4.69, 9.17) is 5.84 Å². The molecule has 2 unspecified atom stereocenters. The number of rotatable bonds is 2. The standard InChI is InChI=1S/C10H23N3S/c1-10(2,3)9(12-11)8-7-14-6-5-13(8)4/h8-9,12H,5-7,11H2,1-4H3. The summed E-state index contributed by atoms with van der Waals surface area (Å²) in [6.07, 6.45) is 0. The number of nitrogens with two attached hydrogens (primary N) is 1. The normalized spacial score (nSPS) is 27.6. The number of nitrogens with zero attached hydrogens (tertiary/aromatic N) is 1. The minimum atomic E-state index is 0.214. The molecular formula is C10H23N3S. The number of hydrazine groups is 1. The maximum atomic E-state index is 5.67.